The largest absolute Gasteiger partial charge is 0.476 e. The topological polar surface area (TPSA) is 160 Å². The number of hydrogen-bond acceptors (Lipinski definition) is 9. The van der Waals surface area contributed by atoms with Crippen molar-refractivity contribution < 1.29 is 52.3 Å². The van der Waals surface area contributed by atoms with Gasteiger partial charge in [-0.1, -0.05) is 0 Å². The first-order valence-electron chi connectivity index (χ1n) is 7.76. The standard InChI is InChI=1S/C14H14F3N3O8/c15-14(16,17)12(25)18-7-8(21)9(22)13(4-27-11(7)28-13)3-26-6-2-1-5(10(23)24)19-20-6/h1-2,7-9,11,21-22H,3-4H2,(H,18,25)(H,23,24)/t7-,8-,9-,11+,13+/m1/s1. The van der Waals surface area contributed by atoms with E-state index in [-0.39, 0.29) is 18.2 Å². The van der Waals surface area contributed by atoms with E-state index in [0.29, 0.717) is 0 Å². The van der Waals surface area contributed by atoms with Gasteiger partial charge in [-0.2, -0.15) is 13.2 Å². The number of hydrogen-bond donors (Lipinski definition) is 4. The Hall–Kier alpha value is -2.55. The van der Waals surface area contributed by atoms with E-state index < -0.39 is 54.8 Å². The predicted molar refractivity (Wildman–Crippen MR) is 78.0 cm³/mol. The molecule has 1 amide bonds. The van der Waals surface area contributed by atoms with Crippen molar-refractivity contribution in [3.63, 3.8) is 0 Å². The molecule has 1 aromatic rings. The van der Waals surface area contributed by atoms with Gasteiger partial charge in [-0.3, -0.25) is 4.79 Å². The zero-order chi connectivity index (χ0) is 20.7. The molecular formula is C14H14F3N3O8. The molecule has 14 heteroatoms. The van der Waals surface area contributed by atoms with E-state index in [4.69, 9.17) is 19.3 Å². The molecule has 11 nitrogen and oxygen atoms in total. The minimum Gasteiger partial charge on any atom is -0.476 e. The lowest BCUT2D eigenvalue weighted by Crippen LogP contribution is -2.67. The molecule has 5 atom stereocenters. The van der Waals surface area contributed by atoms with Gasteiger partial charge in [0.15, 0.2) is 17.6 Å². The normalized spacial score (nSPS) is 32.0. The smallest absolute Gasteiger partial charge is 0.471 e. The molecule has 3 rings (SSSR count). The molecule has 3 heterocycles. The summed E-state index contributed by atoms with van der Waals surface area (Å²) in [5.74, 6) is -3.74. The fourth-order valence-corrected chi connectivity index (χ4v) is 2.78. The number of amides is 1. The van der Waals surface area contributed by atoms with Crippen LogP contribution in [0.25, 0.3) is 0 Å². The fourth-order valence-electron chi connectivity index (χ4n) is 2.78. The van der Waals surface area contributed by atoms with Gasteiger partial charge in [-0.15, -0.1) is 10.2 Å². The molecule has 0 aromatic carbocycles. The molecule has 2 bridgehead atoms. The molecule has 0 radical (unpaired) electrons. The molecule has 0 spiro atoms. The molecule has 28 heavy (non-hydrogen) atoms. The average Bonchev–Trinajstić information content (AvgIpc) is 3.04. The van der Waals surface area contributed by atoms with Gasteiger partial charge in [0, 0.05) is 6.07 Å². The molecule has 2 aliphatic heterocycles. The van der Waals surface area contributed by atoms with Gasteiger partial charge in [-0.05, 0) is 6.07 Å². The Morgan fingerprint density at radius 3 is 2.61 bits per heavy atom. The number of alkyl halides is 3. The summed E-state index contributed by atoms with van der Waals surface area (Å²) in [6, 6.07) is 0.652. The number of carboxylic acid groups (broad SMARTS) is 1. The number of aromatic carboxylic acids is 1. The lowest BCUT2D eigenvalue weighted by atomic mass is 9.88. The SMILES string of the molecule is O=C(O)c1ccc(OC[C@@]23CO[C@@H](O2)[C@H](NC(=O)C(F)(F)F)[C@@H](O)[C@H]3O)nn1. The summed E-state index contributed by atoms with van der Waals surface area (Å²) in [7, 11) is 0. The van der Waals surface area contributed by atoms with Crippen LogP contribution >= 0.6 is 0 Å². The number of ether oxygens (including phenoxy) is 3. The lowest BCUT2D eigenvalue weighted by molar-refractivity contribution is -0.234. The number of nitrogens with one attached hydrogen (secondary N) is 1. The van der Waals surface area contributed by atoms with Crippen molar-refractivity contribution in [2.75, 3.05) is 13.2 Å². The summed E-state index contributed by atoms with van der Waals surface area (Å²) >= 11 is 0. The molecule has 2 aliphatic rings. The van der Waals surface area contributed by atoms with Crippen molar-refractivity contribution >= 4 is 11.9 Å². The number of aliphatic hydroxyl groups excluding tert-OH is 2. The van der Waals surface area contributed by atoms with Crippen LogP contribution in [0.4, 0.5) is 13.2 Å². The van der Waals surface area contributed by atoms with Crippen LogP contribution in [0.3, 0.4) is 0 Å². The fraction of sp³-hybridized carbons (Fsp3) is 0.571. The summed E-state index contributed by atoms with van der Waals surface area (Å²) in [5, 5.41) is 37.7. The minimum absolute atomic E-state index is 0.124. The van der Waals surface area contributed by atoms with E-state index in [1.807, 2.05) is 0 Å². The maximum absolute atomic E-state index is 12.4. The summed E-state index contributed by atoms with van der Waals surface area (Å²) < 4.78 is 53.1. The number of carbonyl (C=O) groups is 2. The second-order valence-corrected chi connectivity index (χ2v) is 6.15. The van der Waals surface area contributed by atoms with Crippen molar-refractivity contribution in [3.05, 3.63) is 17.8 Å². The molecule has 2 fully saturated rings. The average molecular weight is 409 g/mol. The zero-order valence-corrected chi connectivity index (χ0v) is 13.8. The van der Waals surface area contributed by atoms with E-state index in [1.165, 1.54) is 11.4 Å². The van der Waals surface area contributed by atoms with Gasteiger partial charge in [0.1, 0.15) is 24.9 Å². The highest BCUT2D eigenvalue weighted by Gasteiger charge is 2.61. The molecule has 154 valence electrons. The van der Waals surface area contributed by atoms with Crippen LogP contribution in [-0.2, 0) is 14.3 Å². The summed E-state index contributed by atoms with van der Waals surface area (Å²) in [6.45, 7) is -0.794. The van der Waals surface area contributed by atoms with Crippen molar-refractivity contribution in [2.24, 2.45) is 0 Å². The molecular weight excluding hydrogens is 395 g/mol. The number of rotatable bonds is 5. The van der Waals surface area contributed by atoms with Crippen LogP contribution in [0.2, 0.25) is 0 Å². The Morgan fingerprint density at radius 2 is 2.04 bits per heavy atom. The maximum atomic E-state index is 12.4. The molecule has 4 N–H and O–H groups in total. The number of carboxylic acids is 1. The third-order valence-electron chi connectivity index (χ3n) is 4.25. The number of aliphatic hydroxyl groups is 2. The third-order valence-corrected chi connectivity index (χ3v) is 4.25. The number of carbonyl (C=O) groups excluding carboxylic acids is 1. The van der Waals surface area contributed by atoms with Crippen molar-refractivity contribution in [1.29, 1.82) is 0 Å². The number of halogens is 3. The van der Waals surface area contributed by atoms with Gasteiger partial charge in [0.2, 0.25) is 5.88 Å². The summed E-state index contributed by atoms with van der Waals surface area (Å²) in [6.07, 6.45) is -10.2. The van der Waals surface area contributed by atoms with Crippen LogP contribution in [-0.4, -0.2) is 86.9 Å². The van der Waals surface area contributed by atoms with Crippen LogP contribution in [0.1, 0.15) is 10.5 Å². The van der Waals surface area contributed by atoms with Gasteiger partial charge in [0.05, 0.1) is 6.61 Å². The molecule has 0 saturated carbocycles. The van der Waals surface area contributed by atoms with E-state index in [0.717, 1.165) is 6.07 Å². The van der Waals surface area contributed by atoms with Gasteiger partial charge >= 0.3 is 18.1 Å². The van der Waals surface area contributed by atoms with E-state index in [9.17, 15) is 33.0 Å². The number of aromatic nitrogens is 2. The van der Waals surface area contributed by atoms with Crippen molar-refractivity contribution in [1.82, 2.24) is 15.5 Å². The predicted octanol–water partition coefficient (Wildman–Crippen LogP) is -1.55. The van der Waals surface area contributed by atoms with E-state index in [2.05, 4.69) is 10.2 Å². The maximum Gasteiger partial charge on any atom is 0.471 e. The second-order valence-electron chi connectivity index (χ2n) is 6.15. The van der Waals surface area contributed by atoms with Crippen molar-refractivity contribution in [3.8, 4) is 5.88 Å². The van der Waals surface area contributed by atoms with E-state index in [1.54, 1.807) is 0 Å². The first-order valence-corrected chi connectivity index (χ1v) is 7.76. The first kappa shape index (κ1) is 20.2. The Bertz CT molecular complexity index is 761. The Balaban J connectivity index is 1.67. The molecule has 2 saturated heterocycles. The van der Waals surface area contributed by atoms with Gasteiger partial charge in [0.25, 0.3) is 0 Å². The number of nitrogens with zero attached hydrogens (tertiary/aromatic N) is 2. The van der Waals surface area contributed by atoms with Crippen LogP contribution in [0.5, 0.6) is 5.88 Å². The highest BCUT2D eigenvalue weighted by atomic mass is 19.4. The highest BCUT2D eigenvalue weighted by Crippen LogP contribution is 2.37. The van der Waals surface area contributed by atoms with E-state index >= 15 is 0 Å². The first-order chi connectivity index (χ1) is 13.0. The quantitative estimate of drug-likeness (QED) is 0.448. The van der Waals surface area contributed by atoms with Crippen molar-refractivity contribution in [2.45, 2.75) is 36.3 Å². The van der Waals surface area contributed by atoms with Crippen LogP contribution in [0.15, 0.2) is 12.1 Å². The Kier molecular flexibility index (Phi) is 5.14. The highest BCUT2D eigenvalue weighted by molar-refractivity contribution is 5.85. The third kappa shape index (κ3) is 3.71. The Labute approximate surface area is 154 Å². The zero-order valence-electron chi connectivity index (χ0n) is 13.8. The minimum atomic E-state index is -5.19. The van der Waals surface area contributed by atoms with Gasteiger partial charge < -0.3 is 34.8 Å². The summed E-state index contributed by atoms with van der Waals surface area (Å²) in [5.41, 5.74) is -1.97. The second kappa shape index (κ2) is 7.12. The number of fused-ring (bicyclic) bond motifs is 2. The lowest BCUT2D eigenvalue weighted by Gasteiger charge is -2.42. The Morgan fingerprint density at radius 1 is 1.32 bits per heavy atom. The van der Waals surface area contributed by atoms with Crippen LogP contribution in [0, 0.1) is 0 Å². The monoisotopic (exact) mass is 409 g/mol. The van der Waals surface area contributed by atoms with Crippen LogP contribution < -0.4 is 10.1 Å². The summed E-state index contributed by atoms with van der Waals surface area (Å²) in [4.78, 5) is 21.8. The molecule has 1 aromatic heterocycles. The molecule has 0 unspecified atom stereocenters. The molecule has 0 aliphatic carbocycles. The van der Waals surface area contributed by atoms with Gasteiger partial charge in [-0.25, -0.2) is 4.79 Å².